The van der Waals surface area contributed by atoms with Crippen molar-refractivity contribution in [3.63, 3.8) is 0 Å². The minimum absolute atomic E-state index is 0.261. The van der Waals surface area contributed by atoms with Crippen molar-refractivity contribution in [1.29, 1.82) is 0 Å². The van der Waals surface area contributed by atoms with Crippen LogP contribution in [0.5, 0.6) is 11.5 Å². The number of ether oxygens (including phenoxy) is 3. The molecule has 2 heterocycles. The first-order chi connectivity index (χ1) is 14.2. The molecule has 0 aromatic heterocycles. The largest absolute Gasteiger partial charge is 0.508 e. The molecule has 2 aliphatic heterocycles. The van der Waals surface area contributed by atoms with E-state index in [0.29, 0.717) is 18.0 Å². The molecule has 0 amide bonds. The Morgan fingerprint density at radius 1 is 1.00 bits per heavy atom. The Balaban J connectivity index is 0.000000234. The number of hydrogen-bond donors (Lipinski definition) is 1. The van der Waals surface area contributed by atoms with Gasteiger partial charge in [-0.2, -0.15) is 0 Å². The van der Waals surface area contributed by atoms with Crippen molar-refractivity contribution in [3.8, 4) is 11.5 Å². The van der Waals surface area contributed by atoms with E-state index < -0.39 is 0 Å². The molecule has 4 rings (SSSR count). The molecule has 0 aliphatic carbocycles. The van der Waals surface area contributed by atoms with Crippen LogP contribution in [0.25, 0.3) is 0 Å². The molecule has 2 fully saturated rings. The maximum absolute atomic E-state index is 9.47. The second-order valence-electron chi connectivity index (χ2n) is 7.56. The summed E-state index contributed by atoms with van der Waals surface area (Å²) in [5, 5.41) is 9.47. The normalized spacial score (nSPS) is 19.7. The average molecular weight is 674 g/mol. The Kier molecular flexibility index (Phi) is 8.68. The second kappa shape index (κ2) is 10.6. The van der Waals surface area contributed by atoms with Crippen LogP contribution in [0, 0.1) is 0 Å². The highest BCUT2D eigenvalue weighted by atomic mass is 79.9. The lowest BCUT2D eigenvalue weighted by atomic mass is 9.78. The smallest absolute Gasteiger partial charge is 0.179 e. The third kappa shape index (κ3) is 6.43. The number of rotatable bonds is 7. The number of aromatic hydroxyl groups is 1. The summed E-state index contributed by atoms with van der Waals surface area (Å²) >= 11 is 13.8. The van der Waals surface area contributed by atoms with E-state index in [2.05, 4.69) is 77.9 Å². The fourth-order valence-corrected chi connectivity index (χ4v) is 5.82. The highest BCUT2D eigenvalue weighted by Crippen LogP contribution is 2.47. The summed E-state index contributed by atoms with van der Waals surface area (Å²) in [4.78, 5) is 0. The molecule has 2 unspecified atom stereocenters. The zero-order chi connectivity index (χ0) is 21.9. The lowest BCUT2D eigenvalue weighted by molar-refractivity contribution is 0.102. The van der Waals surface area contributed by atoms with Crippen LogP contribution in [0.15, 0.2) is 43.7 Å². The van der Waals surface area contributed by atoms with Crippen molar-refractivity contribution >= 4 is 64.0 Å². The van der Waals surface area contributed by atoms with Gasteiger partial charge in [-0.05, 0) is 61.2 Å². The molecule has 2 atom stereocenters. The minimum Gasteiger partial charge on any atom is -0.508 e. The van der Waals surface area contributed by atoms with Crippen molar-refractivity contribution < 1.29 is 23.1 Å². The Labute approximate surface area is 210 Å². The van der Waals surface area contributed by atoms with Gasteiger partial charge in [0.1, 0.15) is 18.0 Å². The van der Waals surface area contributed by atoms with E-state index >= 15 is 0 Å². The fraction of sp³-hybridized carbons (Fsp3) is 0.429. The lowest BCUT2D eigenvalue weighted by Gasteiger charge is -2.29. The van der Waals surface area contributed by atoms with Crippen molar-refractivity contribution in [2.24, 2.45) is 0 Å². The summed E-state index contributed by atoms with van der Waals surface area (Å²) in [7, 11) is 0. The quantitative estimate of drug-likeness (QED) is 0.269. The van der Waals surface area contributed by atoms with E-state index in [1.807, 2.05) is 18.2 Å². The van der Waals surface area contributed by atoms with Gasteiger partial charge >= 0.3 is 0 Å². The van der Waals surface area contributed by atoms with Gasteiger partial charge in [-0.1, -0.05) is 41.9 Å². The minimum atomic E-state index is -0.265. The molecule has 2 aromatic carbocycles. The van der Waals surface area contributed by atoms with Crippen LogP contribution in [0.1, 0.15) is 25.0 Å². The molecule has 0 saturated carbocycles. The number of halogens is 4. The van der Waals surface area contributed by atoms with Gasteiger partial charge in [0, 0.05) is 14.4 Å². The number of phenols is 1. The van der Waals surface area contributed by atoms with Crippen LogP contribution < -0.4 is 3.83 Å². The van der Waals surface area contributed by atoms with E-state index in [1.165, 1.54) is 0 Å². The molecule has 2 saturated heterocycles. The van der Waals surface area contributed by atoms with Gasteiger partial charge in [-0.3, -0.25) is 0 Å². The zero-order valence-electron chi connectivity index (χ0n) is 16.5. The first-order valence-corrected chi connectivity index (χ1v) is 12.3. The molecular formula is C21H22Br4O5. The van der Waals surface area contributed by atoms with Gasteiger partial charge in [-0.25, -0.2) is 0 Å². The Morgan fingerprint density at radius 2 is 1.53 bits per heavy atom. The maximum atomic E-state index is 9.47. The molecular weight excluding hydrogens is 652 g/mol. The van der Waals surface area contributed by atoms with Crippen molar-refractivity contribution in [2.45, 2.75) is 31.5 Å². The molecule has 2 aliphatic rings. The van der Waals surface area contributed by atoms with E-state index in [9.17, 15) is 5.11 Å². The fourth-order valence-electron chi connectivity index (χ4n) is 2.88. The molecule has 9 heteroatoms. The van der Waals surface area contributed by atoms with Crippen LogP contribution in [0.2, 0.25) is 0 Å². The third-order valence-corrected chi connectivity index (χ3v) is 7.92. The van der Waals surface area contributed by atoms with Crippen LogP contribution in [-0.2, 0) is 19.6 Å². The zero-order valence-corrected chi connectivity index (χ0v) is 22.8. The van der Waals surface area contributed by atoms with Crippen LogP contribution in [-0.4, -0.2) is 43.7 Å². The van der Waals surface area contributed by atoms with Gasteiger partial charge in [0.05, 0.1) is 30.9 Å². The highest BCUT2D eigenvalue weighted by Gasteiger charge is 2.30. The molecule has 164 valence electrons. The highest BCUT2D eigenvalue weighted by molar-refractivity contribution is 9.13. The summed E-state index contributed by atoms with van der Waals surface area (Å²) in [6.07, 6.45) is 0.785. The Morgan fingerprint density at radius 3 is 2.00 bits per heavy atom. The van der Waals surface area contributed by atoms with Gasteiger partial charge < -0.3 is 23.1 Å². The lowest BCUT2D eigenvalue weighted by Crippen LogP contribution is -2.20. The van der Waals surface area contributed by atoms with Crippen LogP contribution in [0.3, 0.4) is 0 Å². The van der Waals surface area contributed by atoms with Crippen molar-refractivity contribution in [1.82, 2.24) is 0 Å². The molecule has 30 heavy (non-hydrogen) atoms. The monoisotopic (exact) mass is 670 g/mol. The van der Waals surface area contributed by atoms with E-state index in [-0.39, 0.29) is 11.2 Å². The first-order valence-electron chi connectivity index (χ1n) is 9.31. The molecule has 1 N–H and O–H groups in total. The number of hydrogen-bond acceptors (Lipinski definition) is 5. The summed E-state index contributed by atoms with van der Waals surface area (Å²) in [5.41, 5.74) is 1.92. The Bertz CT molecular complexity index is 853. The summed E-state index contributed by atoms with van der Waals surface area (Å²) < 4.78 is 23.0. The molecule has 5 nitrogen and oxygen atoms in total. The predicted octanol–water partition coefficient (Wildman–Crippen LogP) is 6.49. The summed E-state index contributed by atoms with van der Waals surface area (Å²) in [6, 6.07) is 9.16. The molecule has 0 radical (unpaired) electrons. The van der Waals surface area contributed by atoms with Gasteiger partial charge in [-0.15, -0.1) is 0 Å². The average Bonchev–Trinajstić information content (AvgIpc) is 3.61. The van der Waals surface area contributed by atoms with Gasteiger partial charge in [0.15, 0.2) is 22.0 Å². The standard InChI is InChI=1S/C15H12Br4O2.C6H10O3/c1-15(2,8-3-5-9(20)6-4-8)12-10(16)7-11(21-19)13(17)14(12)18;1(5-3-8-5)7-2-6-4-9-6/h3-7,20H,1-2H3;5-6H,1-4H2. The van der Waals surface area contributed by atoms with E-state index in [1.54, 1.807) is 12.1 Å². The first kappa shape index (κ1) is 24.5. The maximum Gasteiger partial charge on any atom is 0.179 e. The predicted molar refractivity (Wildman–Crippen MR) is 130 cm³/mol. The topological polar surface area (TPSA) is 63.8 Å². The molecule has 2 aromatic rings. The SMILES string of the molecule is C(OCC1CO1)C1CO1.CC(C)(c1ccc(O)cc1)c1c(Br)cc(OBr)c(Br)c1Br. The van der Waals surface area contributed by atoms with Crippen molar-refractivity contribution in [3.05, 3.63) is 54.9 Å². The summed E-state index contributed by atoms with van der Waals surface area (Å²) in [5.74, 6) is 0.941. The van der Waals surface area contributed by atoms with Crippen LogP contribution in [0.4, 0.5) is 0 Å². The van der Waals surface area contributed by atoms with E-state index in [0.717, 1.165) is 51.0 Å². The van der Waals surface area contributed by atoms with Crippen LogP contribution >= 0.6 is 64.0 Å². The molecule has 0 spiro atoms. The number of benzene rings is 2. The van der Waals surface area contributed by atoms with Gasteiger partial charge in [0.25, 0.3) is 0 Å². The second-order valence-corrected chi connectivity index (χ2v) is 10.3. The Hall–Kier alpha value is -0.160. The van der Waals surface area contributed by atoms with Crippen molar-refractivity contribution in [2.75, 3.05) is 26.4 Å². The molecule has 0 bridgehead atoms. The number of epoxide rings is 2. The third-order valence-electron chi connectivity index (χ3n) is 4.83. The summed E-state index contributed by atoms with van der Waals surface area (Å²) in [6.45, 7) is 7.52. The number of phenolic OH excluding ortho intramolecular Hbond substituents is 1. The van der Waals surface area contributed by atoms with Gasteiger partial charge in [0.2, 0.25) is 0 Å². The van der Waals surface area contributed by atoms with E-state index in [4.69, 9.17) is 18.0 Å².